The first-order valence-corrected chi connectivity index (χ1v) is 6.98. The van der Waals surface area contributed by atoms with Crippen LogP contribution in [-0.4, -0.2) is 35.9 Å². The van der Waals surface area contributed by atoms with Gasteiger partial charge in [-0.1, -0.05) is 13.8 Å². The molecule has 1 atom stereocenters. The molecule has 1 aromatic heterocycles. The fraction of sp³-hybridized carbons (Fsp3) is 0.643. The molecule has 0 radical (unpaired) electrons. The molecule has 1 fully saturated rings. The molecule has 5 nitrogen and oxygen atoms in total. The highest BCUT2D eigenvalue weighted by Crippen LogP contribution is 2.23. The standard InChI is InChI=1S/C14H21N5/c1-4-11-12(8-15)14(18-17-13(11)5-2)19-7-6-16-10(3)9-19/h10,16H,4-7,9H2,1-3H3. The van der Waals surface area contributed by atoms with E-state index in [0.717, 1.165) is 49.6 Å². The second-order valence-corrected chi connectivity index (χ2v) is 4.94. The zero-order valence-electron chi connectivity index (χ0n) is 11.9. The van der Waals surface area contributed by atoms with Crippen LogP contribution in [0, 0.1) is 11.3 Å². The van der Waals surface area contributed by atoms with Gasteiger partial charge in [-0.25, -0.2) is 0 Å². The Labute approximate surface area is 114 Å². The lowest BCUT2D eigenvalue weighted by molar-refractivity contribution is 0.480. The van der Waals surface area contributed by atoms with E-state index in [0.29, 0.717) is 11.6 Å². The number of rotatable bonds is 3. The van der Waals surface area contributed by atoms with Crippen LogP contribution in [0.5, 0.6) is 0 Å². The Hall–Kier alpha value is -1.67. The van der Waals surface area contributed by atoms with Gasteiger partial charge in [0.15, 0.2) is 5.82 Å². The van der Waals surface area contributed by atoms with Crippen LogP contribution in [0.2, 0.25) is 0 Å². The molecule has 1 saturated heterocycles. The average Bonchev–Trinajstić information content (AvgIpc) is 2.45. The summed E-state index contributed by atoms with van der Waals surface area (Å²) in [6.07, 6.45) is 1.65. The summed E-state index contributed by atoms with van der Waals surface area (Å²) in [5, 5.41) is 21.5. The highest BCUT2D eigenvalue weighted by Gasteiger charge is 2.22. The Morgan fingerprint density at radius 2 is 2.16 bits per heavy atom. The molecule has 0 bridgehead atoms. The van der Waals surface area contributed by atoms with Crippen LogP contribution in [0.25, 0.3) is 0 Å². The Balaban J connectivity index is 2.43. The number of hydrogen-bond acceptors (Lipinski definition) is 5. The molecule has 5 heteroatoms. The molecule has 102 valence electrons. The van der Waals surface area contributed by atoms with E-state index in [1.807, 2.05) is 0 Å². The van der Waals surface area contributed by atoms with Crippen molar-refractivity contribution in [2.24, 2.45) is 0 Å². The Morgan fingerprint density at radius 3 is 2.74 bits per heavy atom. The second kappa shape index (κ2) is 5.98. The van der Waals surface area contributed by atoms with E-state index in [-0.39, 0.29) is 0 Å². The Morgan fingerprint density at radius 1 is 1.37 bits per heavy atom. The van der Waals surface area contributed by atoms with Crippen molar-refractivity contribution in [1.29, 1.82) is 5.26 Å². The Kier molecular flexibility index (Phi) is 4.33. The summed E-state index contributed by atoms with van der Waals surface area (Å²) >= 11 is 0. The second-order valence-electron chi connectivity index (χ2n) is 4.94. The van der Waals surface area contributed by atoms with Crippen LogP contribution < -0.4 is 10.2 Å². The molecule has 2 rings (SSSR count). The quantitative estimate of drug-likeness (QED) is 0.885. The summed E-state index contributed by atoms with van der Waals surface area (Å²) in [5.74, 6) is 0.755. The number of aryl methyl sites for hydroxylation is 1. The lowest BCUT2D eigenvalue weighted by Crippen LogP contribution is -2.50. The monoisotopic (exact) mass is 259 g/mol. The van der Waals surface area contributed by atoms with Crippen molar-refractivity contribution in [1.82, 2.24) is 15.5 Å². The summed E-state index contributed by atoms with van der Waals surface area (Å²) in [4.78, 5) is 2.17. The van der Waals surface area contributed by atoms with Crippen LogP contribution in [0.4, 0.5) is 5.82 Å². The first-order valence-electron chi connectivity index (χ1n) is 6.98. The van der Waals surface area contributed by atoms with Crippen LogP contribution >= 0.6 is 0 Å². The minimum Gasteiger partial charge on any atom is -0.351 e. The fourth-order valence-electron chi connectivity index (χ4n) is 2.63. The van der Waals surface area contributed by atoms with Crippen molar-refractivity contribution >= 4 is 5.82 Å². The molecule has 0 aromatic carbocycles. The van der Waals surface area contributed by atoms with E-state index in [2.05, 4.69) is 47.3 Å². The molecule has 19 heavy (non-hydrogen) atoms. The van der Waals surface area contributed by atoms with Gasteiger partial charge in [0.2, 0.25) is 0 Å². The third-order valence-corrected chi connectivity index (χ3v) is 3.61. The van der Waals surface area contributed by atoms with E-state index in [9.17, 15) is 5.26 Å². The zero-order valence-corrected chi connectivity index (χ0v) is 11.9. The zero-order chi connectivity index (χ0) is 13.8. The maximum atomic E-state index is 9.49. The number of nitrogens with one attached hydrogen (secondary N) is 1. The van der Waals surface area contributed by atoms with E-state index in [1.54, 1.807) is 0 Å². The minimum absolute atomic E-state index is 0.415. The van der Waals surface area contributed by atoms with E-state index < -0.39 is 0 Å². The third-order valence-electron chi connectivity index (χ3n) is 3.61. The van der Waals surface area contributed by atoms with Crippen LogP contribution in [0.1, 0.15) is 37.6 Å². The first-order chi connectivity index (χ1) is 9.21. The van der Waals surface area contributed by atoms with Crippen molar-refractivity contribution in [2.45, 2.75) is 39.7 Å². The summed E-state index contributed by atoms with van der Waals surface area (Å²) in [5.41, 5.74) is 2.72. The molecule has 1 aliphatic rings. The van der Waals surface area contributed by atoms with Gasteiger partial charge in [-0.05, 0) is 25.3 Å². The van der Waals surface area contributed by atoms with Gasteiger partial charge in [0, 0.05) is 25.7 Å². The highest BCUT2D eigenvalue weighted by atomic mass is 15.3. The predicted molar refractivity (Wildman–Crippen MR) is 75.2 cm³/mol. The SMILES string of the molecule is CCc1nnc(N2CCNC(C)C2)c(C#N)c1CC. The van der Waals surface area contributed by atoms with Gasteiger partial charge in [0.25, 0.3) is 0 Å². The number of nitriles is 1. The van der Waals surface area contributed by atoms with E-state index in [1.165, 1.54) is 0 Å². The number of piperazine rings is 1. The fourth-order valence-corrected chi connectivity index (χ4v) is 2.63. The first kappa shape index (κ1) is 13.8. The molecule has 1 N–H and O–H groups in total. The molecular formula is C14H21N5. The maximum absolute atomic E-state index is 9.49. The van der Waals surface area contributed by atoms with Gasteiger partial charge < -0.3 is 10.2 Å². The molecule has 0 amide bonds. The molecule has 1 unspecified atom stereocenters. The van der Waals surface area contributed by atoms with Crippen LogP contribution in [-0.2, 0) is 12.8 Å². The number of anilines is 1. The average molecular weight is 259 g/mol. The van der Waals surface area contributed by atoms with Crippen molar-refractivity contribution in [3.8, 4) is 6.07 Å². The molecule has 1 aliphatic heterocycles. The minimum atomic E-state index is 0.415. The lowest BCUT2D eigenvalue weighted by Gasteiger charge is -2.33. The van der Waals surface area contributed by atoms with Crippen LogP contribution in [0.15, 0.2) is 0 Å². The van der Waals surface area contributed by atoms with Crippen molar-refractivity contribution in [3.63, 3.8) is 0 Å². The summed E-state index contributed by atoms with van der Waals surface area (Å²) in [6, 6.07) is 2.75. The van der Waals surface area contributed by atoms with Gasteiger partial charge in [0.05, 0.1) is 5.69 Å². The molecular weight excluding hydrogens is 238 g/mol. The largest absolute Gasteiger partial charge is 0.351 e. The summed E-state index contributed by atoms with van der Waals surface area (Å²) < 4.78 is 0. The van der Waals surface area contributed by atoms with Crippen LogP contribution in [0.3, 0.4) is 0 Å². The topological polar surface area (TPSA) is 64.8 Å². The van der Waals surface area contributed by atoms with Gasteiger partial charge in [-0.3, -0.25) is 0 Å². The van der Waals surface area contributed by atoms with Crippen molar-refractivity contribution in [2.75, 3.05) is 24.5 Å². The number of hydrogen-bond donors (Lipinski definition) is 1. The molecule has 0 spiro atoms. The molecule has 2 heterocycles. The smallest absolute Gasteiger partial charge is 0.169 e. The van der Waals surface area contributed by atoms with Crippen molar-refractivity contribution in [3.05, 3.63) is 16.8 Å². The lowest BCUT2D eigenvalue weighted by atomic mass is 10.0. The molecule has 0 aliphatic carbocycles. The van der Waals surface area contributed by atoms with E-state index >= 15 is 0 Å². The number of nitrogens with zero attached hydrogens (tertiary/aromatic N) is 4. The summed E-state index contributed by atoms with van der Waals surface area (Å²) in [6.45, 7) is 8.94. The maximum Gasteiger partial charge on any atom is 0.169 e. The molecule has 1 aromatic rings. The van der Waals surface area contributed by atoms with Gasteiger partial charge in [0.1, 0.15) is 11.6 Å². The van der Waals surface area contributed by atoms with Gasteiger partial charge >= 0.3 is 0 Å². The predicted octanol–water partition coefficient (Wildman–Crippen LogP) is 1.27. The summed E-state index contributed by atoms with van der Waals surface area (Å²) in [7, 11) is 0. The third kappa shape index (κ3) is 2.69. The molecule has 0 saturated carbocycles. The van der Waals surface area contributed by atoms with Crippen molar-refractivity contribution < 1.29 is 0 Å². The number of aromatic nitrogens is 2. The normalized spacial score (nSPS) is 19.3. The van der Waals surface area contributed by atoms with E-state index in [4.69, 9.17) is 0 Å². The highest BCUT2D eigenvalue weighted by molar-refractivity contribution is 5.58. The van der Waals surface area contributed by atoms with Gasteiger partial charge in [-0.2, -0.15) is 10.4 Å². The Bertz CT molecular complexity index is 491. The van der Waals surface area contributed by atoms with Gasteiger partial charge in [-0.15, -0.1) is 5.10 Å².